The number of ether oxygens (including phenoxy) is 2. The van der Waals surface area contributed by atoms with Crippen LogP contribution in [-0.4, -0.2) is 66.2 Å². The Hall–Kier alpha value is -4.18. The lowest BCUT2D eigenvalue weighted by atomic mass is 9.82. The Labute approximate surface area is 235 Å². The minimum absolute atomic E-state index is 0.0415. The lowest BCUT2D eigenvalue weighted by molar-refractivity contribution is 0.0969. The summed E-state index contributed by atoms with van der Waals surface area (Å²) >= 11 is 6.04. The summed E-state index contributed by atoms with van der Waals surface area (Å²) in [6, 6.07) is 13.3. The fourth-order valence-corrected chi connectivity index (χ4v) is 4.87. The summed E-state index contributed by atoms with van der Waals surface area (Å²) in [5.41, 5.74) is 2.40. The van der Waals surface area contributed by atoms with Crippen LogP contribution < -0.4 is 15.4 Å². The zero-order valence-electron chi connectivity index (χ0n) is 21.8. The van der Waals surface area contributed by atoms with Gasteiger partial charge in [-0.2, -0.15) is 0 Å². The molecule has 4 aromatic rings. The van der Waals surface area contributed by atoms with E-state index >= 15 is 0 Å². The van der Waals surface area contributed by atoms with E-state index in [0.717, 1.165) is 29.7 Å². The van der Waals surface area contributed by atoms with Gasteiger partial charge in [0.15, 0.2) is 5.78 Å². The van der Waals surface area contributed by atoms with Crippen LogP contribution in [0.15, 0.2) is 54.7 Å². The van der Waals surface area contributed by atoms with Crippen LogP contribution in [0.4, 0.5) is 5.69 Å². The van der Waals surface area contributed by atoms with Gasteiger partial charge in [-0.05, 0) is 55.0 Å². The average molecular weight is 562 g/mol. The van der Waals surface area contributed by atoms with E-state index in [4.69, 9.17) is 21.1 Å². The maximum absolute atomic E-state index is 13.1. The van der Waals surface area contributed by atoms with Crippen molar-refractivity contribution >= 4 is 39.8 Å². The number of fused-ring (bicyclic) bond motifs is 3. The number of phenols is 2. The van der Waals surface area contributed by atoms with Crippen molar-refractivity contribution in [2.24, 2.45) is 0 Å². The molecule has 0 aliphatic heterocycles. The normalized spacial score (nSPS) is 12.3. The van der Waals surface area contributed by atoms with Crippen molar-refractivity contribution in [1.82, 2.24) is 10.3 Å². The summed E-state index contributed by atoms with van der Waals surface area (Å²) in [5, 5.41) is 29.1. The predicted octanol–water partition coefficient (Wildman–Crippen LogP) is 4.48. The lowest BCUT2D eigenvalue weighted by Gasteiger charge is -2.20. The number of ketones is 2. The standard InChI is InChI=1S/C30H28ClN3O6/c1-17-12-21-27(25(35)13-17)30(38)28-22(29(21)37)15-19(16-26(28)36)40-11-10-39-9-8-32-6-7-34-23-4-5-33-24-14-18(31)2-3-20(23)24/h2-5,12-16,32,35-36H,6-11H2,1H3,(H,33,34). The number of aromatic hydroxyl groups is 2. The predicted molar refractivity (Wildman–Crippen MR) is 152 cm³/mol. The van der Waals surface area contributed by atoms with Gasteiger partial charge in [0.2, 0.25) is 5.78 Å². The largest absolute Gasteiger partial charge is 0.507 e. The molecule has 3 aromatic carbocycles. The molecule has 1 aliphatic carbocycles. The first kappa shape index (κ1) is 27.4. The number of anilines is 1. The highest BCUT2D eigenvalue weighted by molar-refractivity contribution is 6.31. The van der Waals surface area contributed by atoms with Crippen molar-refractivity contribution < 1.29 is 29.3 Å². The van der Waals surface area contributed by atoms with E-state index in [-0.39, 0.29) is 46.1 Å². The monoisotopic (exact) mass is 561 g/mol. The summed E-state index contributed by atoms with van der Waals surface area (Å²) in [6.45, 7) is 4.79. The van der Waals surface area contributed by atoms with Gasteiger partial charge in [-0.15, -0.1) is 0 Å². The van der Waals surface area contributed by atoms with Gasteiger partial charge in [0.1, 0.15) is 23.9 Å². The van der Waals surface area contributed by atoms with Gasteiger partial charge in [0.05, 0.1) is 29.9 Å². The Morgan fingerprint density at radius 3 is 2.45 bits per heavy atom. The van der Waals surface area contributed by atoms with E-state index in [0.29, 0.717) is 30.3 Å². The third-order valence-corrected chi connectivity index (χ3v) is 6.77. The Balaban J connectivity index is 1.04. The highest BCUT2D eigenvalue weighted by atomic mass is 35.5. The van der Waals surface area contributed by atoms with Crippen LogP contribution in [-0.2, 0) is 4.74 Å². The Morgan fingerprint density at radius 1 is 0.850 bits per heavy atom. The number of rotatable bonds is 11. The minimum atomic E-state index is -0.601. The summed E-state index contributed by atoms with van der Waals surface area (Å²) in [6.07, 6.45) is 1.75. The number of pyridine rings is 1. The van der Waals surface area contributed by atoms with Crippen LogP contribution in [0, 0.1) is 6.92 Å². The SMILES string of the molecule is Cc1cc(O)c2c(c1)C(=O)c1cc(OCCOCCNCCNc3ccnc4cc(Cl)ccc34)cc(O)c1C2=O. The molecule has 5 rings (SSSR count). The van der Waals surface area contributed by atoms with Crippen LogP contribution in [0.5, 0.6) is 17.2 Å². The molecule has 206 valence electrons. The molecule has 0 spiro atoms. The number of nitrogens with one attached hydrogen (secondary N) is 2. The molecule has 1 heterocycles. The third kappa shape index (κ3) is 5.72. The summed E-state index contributed by atoms with van der Waals surface area (Å²) in [4.78, 5) is 30.3. The maximum Gasteiger partial charge on any atom is 0.201 e. The van der Waals surface area contributed by atoms with Crippen molar-refractivity contribution in [3.63, 3.8) is 0 Å². The first-order chi connectivity index (χ1) is 19.3. The second kappa shape index (κ2) is 11.9. The zero-order valence-corrected chi connectivity index (χ0v) is 22.5. The number of hydrogen-bond donors (Lipinski definition) is 4. The minimum Gasteiger partial charge on any atom is -0.507 e. The molecule has 0 radical (unpaired) electrons. The summed E-state index contributed by atoms with van der Waals surface area (Å²) in [5.74, 6) is -1.47. The van der Waals surface area contributed by atoms with Crippen LogP contribution in [0.1, 0.15) is 37.4 Å². The van der Waals surface area contributed by atoms with Gasteiger partial charge < -0.3 is 30.3 Å². The summed E-state index contributed by atoms with van der Waals surface area (Å²) < 4.78 is 11.3. The smallest absolute Gasteiger partial charge is 0.201 e. The number of carbonyl (C=O) groups excluding carboxylic acids is 2. The van der Waals surface area contributed by atoms with Crippen LogP contribution >= 0.6 is 11.6 Å². The van der Waals surface area contributed by atoms with Gasteiger partial charge in [-0.3, -0.25) is 14.6 Å². The fourth-order valence-electron chi connectivity index (χ4n) is 4.71. The molecular formula is C30H28ClN3O6. The molecule has 10 heteroatoms. The molecule has 1 aromatic heterocycles. The summed E-state index contributed by atoms with van der Waals surface area (Å²) in [7, 11) is 0. The Kier molecular flexibility index (Phi) is 8.16. The quantitative estimate of drug-likeness (QED) is 0.172. The molecule has 0 bridgehead atoms. The number of aryl methyl sites for hydroxylation is 1. The van der Waals surface area contributed by atoms with E-state index in [9.17, 15) is 19.8 Å². The lowest BCUT2D eigenvalue weighted by Crippen LogP contribution is -2.26. The zero-order chi connectivity index (χ0) is 28.2. The molecule has 1 aliphatic rings. The molecule has 0 amide bonds. The Bertz CT molecular complexity index is 1610. The van der Waals surface area contributed by atoms with E-state index in [1.165, 1.54) is 18.2 Å². The van der Waals surface area contributed by atoms with Crippen molar-refractivity contribution in [3.8, 4) is 17.2 Å². The van der Waals surface area contributed by atoms with Crippen molar-refractivity contribution in [1.29, 1.82) is 0 Å². The number of hydrogen-bond acceptors (Lipinski definition) is 9. The molecule has 0 unspecified atom stereocenters. The van der Waals surface area contributed by atoms with E-state index in [1.807, 2.05) is 24.3 Å². The number of nitrogens with zero attached hydrogens (tertiary/aromatic N) is 1. The topological polar surface area (TPSA) is 130 Å². The number of phenolic OH excluding ortho intramolecular Hbond substituents is 2. The molecule has 9 nitrogen and oxygen atoms in total. The average Bonchev–Trinajstić information content (AvgIpc) is 2.91. The maximum atomic E-state index is 13.1. The molecule has 4 N–H and O–H groups in total. The van der Waals surface area contributed by atoms with Crippen molar-refractivity contribution in [2.75, 3.05) is 44.8 Å². The van der Waals surface area contributed by atoms with E-state index in [2.05, 4.69) is 15.6 Å². The molecular weight excluding hydrogens is 534 g/mol. The Morgan fingerprint density at radius 2 is 1.62 bits per heavy atom. The van der Waals surface area contributed by atoms with Gasteiger partial charge in [0.25, 0.3) is 0 Å². The van der Waals surface area contributed by atoms with Gasteiger partial charge in [0, 0.05) is 59.1 Å². The van der Waals surface area contributed by atoms with E-state index < -0.39 is 11.6 Å². The van der Waals surface area contributed by atoms with Crippen LogP contribution in [0.3, 0.4) is 0 Å². The fraction of sp³-hybridized carbons (Fsp3) is 0.233. The van der Waals surface area contributed by atoms with Crippen LogP contribution in [0.2, 0.25) is 5.02 Å². The van der Waals surface area contributed by atoms with Crippen LogP contribution in [0.25, 0.3) is 10.9 Å². The third-order valence-electron chi connectivity index (χ3n) is 6.54. The highest BCUT2D eigenvalue weighted by Crippen LogP contribution is 2.39. The molecule has 0 saturated carbocycles. The first-order valence-electron chi connectivity index (χ1n) is 12.8. The first-order valence-corrected chi connectivity index (χ1v) is 13.2. The molecule has 0 fully saturated rings. The highest BCUT2D eigenvalue weighted by Gasteiger charge is 2.35. The van der Waals surface area contributed by atoms with E-state index in [1.54, 1.807) is 19.2 Å². The number of aromatic nitrogens is 1. The second-order valence-electron chi connectivity index (χ2n) is 9.39. The van der Waals surface area contributed by atoms with Gasteiger partial charge >= 0.3 is 0 Å². The molecule has 0 saturated heterocycles. The van der Waals surface area contributed by atoms with Crippen molar-refractivity contribution in [2.45, 2.75) is 6.92 Å². The number of halogens is 1. The number of benzene rings is 3. The van der Waals surface area contributed by atoms with Gasteiger partial charge in [-0.25, -0.2) is 0 Å². The number of carbonyl (C=O) groups is 2. The van der Waals surface area contributed by atoms with Crippen molar-refractivity contribution in [3.05, 3.63) is 87.6 Å². The molecule has 0 atom stereocenters. The second-order valence-corrected chi connectivity index (χ2v) is 9.82. The van der Waals surface area contributed by atoms with Gasteiger partial charge in [-0.1, -0.05) is 11.6 Å². The molecule has 40 heavy (non-hydrogen) atoms.